The summed E-state index contributed by atoms with van der Waals surface area (Å²) in [6.45, 7) is 7.42. The number of hydrogen-bond acceptors (Lipinski definition) is 7. The maximum absolute atomic E-state index is 15.3. The summed E-state index contributed by atoms with van der Waals surface area (Å²) in [4.78, 5) is 55.1. The van der Waals surface area contributed by atoms with Gasteiger partial charge in [-0.25, -0.2) is 18.7 Å². The van der Waals surface area contributed by atoms with E-state index in [-0.39, 0.29) is 67.6 Å². The zero-order valence-electron chi connectivity index (χ0n) is 29.9. The summed E-state index contributed by atoms with van der Waals surface area (Å²) in [5, 5.41) is 12.8. The van der Waals surface area contributed by atoms with Gasteiger partial charge in [-0.3, -0.25) is 24.2 Å². The Balaban J connectivity index is 1.49. The lowest BCUT2D eigenvalue weighted by molar-refractivity contribution is -0.128. The van der Waals surface area contributed by atoms with Crippen molar-refractivity contribution in [2.45, 2.75) is 95.0 Å². The van der Waals surface area contributed by atoms with Crippen LogP contribution in [0.3, 0.4) is 0 Å². The van der Waals surface area contributed by atoms with Crippen LogP contribution in [-0.2, 0) is 25.9 Å². The van der Waals surface area contributed by atoms with Gasteiger partial charge in [0, 0.05) is 56.8 Å². The Bertz CT molecular complexity index is 2040. The number of nitrogens with one attached hydrogen (secondary N) is 1. The maximum atomic E-state index is 15.3. The zero-order valence-corrected chi connectivity index (χ0v) is 31.7. The zero-order chi connectivity index (χ0) is 37.9. The molecule has 1 saturated heterocycles. The van der Waals surface area contributed by atoms with Gasteiger partial charge in [-0.1, -0.05) is 55.5 Å². The van der Waals surface area contributed by atoms with Crippen molar-refractivity contribution in [1.29, 1.82) is 5.26 Å². The summed E-state index contributed by atoms with van der Waals surface area (Å²) in [6.07, 6.45) is 2.51. The average molecular weight is 762 g/mol. The molecule has 1 aliphatic heterocycles. The van der Waals surface area contributed by atoms with Gasteiger partial charge >= 0.3 is 0 Å². The van der Waals surface area contributed by atoms with Crippen LogP contribution in [0.5, 0.6) is 0 Å². The molecule has 2 unspecified atom stereocenters. The first-order valence-electron chi connectivity index (χ1n) is 17.7. The molecule has 2 atom stereocenters. The number of nitriles is 1. The predicted octanol–water partition coefficient (Wildman–Crippen LogP) is 7.23. The number of alkyl halides is 2. The van der Waals surface area contributed by atoms with Gasteiger partial charge in [0.1, 0.15) is 24.6 Å². The number of anilines is 2. The number of imidazole rings is 1. The summed E-state index contributed by atoms with van der Waals surface area (Å²) in [5.74, 6) is -4.27. The molecule has 0 spiro atoms. The van der Waals surface area contributed by atoms with E-state index >= 15 is 4.79 Å². The summed E-state index contributed by atoms with van der Waals surface area (Å²) >= 11 is 6.81. The first-order chi connectivity index (χ1) is 25.3. The van der Waals surface area contributed by atoms with Crippen LogP contribution in [0.2, 0.25) is 30.7 Å². The highest BCUT2D eigenvalue weighted by Gasteiger charge is 2.46. The highest BCUT2D eigenvalue weighted by molar-refractivity contribution is 6.76. The van der Waals surface area contributed by atoms with Gasteiger partial charge in [-0.15, -0.1) is 0 Å². The lowest BCUT2D eigenvalue weighted by Crippen LogP contribution is -2.53. The van der Waals surface area contributed by atoms with Gasteiger partial charge in [0.05, 0.1) is 34.7 Å². The summed E-state index contributed by atoms with van der Waals surface area (Å²) in [6, 6.07) is 14.7. The van der Waals surface area contributed by atoms with Gasteiger partial charge < -0.3 is 14.6 Å². The van der Waals surface area contributed by atoms with Gasteiger partial charge in [0.15, 0.2) is 0 Å². The van der Waals surface area contributed by atoms with Crippen LogP contribution in [0.1, 0.15) is 55.7 Å². The van der Waals surface area contributed by atoms with Crippen LogP contribution in [0.4, 0.5) is 20.3 Å². The Morgan fingerprint density at radius 1 is 1.11 bits per heavy atom. The Morgan fingerprint density at radius 2 is 1.87 bits per heavy atom. The van der Waals surface area contributed by atoms with Crippen molar-refractivity contribution in [1.82, 2.24) is 19.9 Å². The van der Waals surface area contributed by atoms with Crippen molar-refractivity contribution in [2.24, 2.45) is 0 Å². The van der Waals surface area contributed by atoms with Crippen molar-refractivity contribution in [3.63, 3.8) is 0 Å². The number of fused-ring (bicyclic) bond motifs is 1. The average Bonchev–Trinajstić information content (AvgIpc) is 3.73. The number of nitrogens with zero attached hydrogens (tertiary/aromatic N) is 6. The highest BCUT2D eigenvalue weighted by atomic mass is 35.5. The normalized spacial score (nSPS) is 18.2. The van der Waals surface area contributed by atoms with Gasteiger partial charge in [-0.2, -0.15) is 5.26 Å². The molecule has 53 heavy (non-hydrogen) atoms. The van der Waals surface area contributed by atoms with E-state index < -0.39 is 43.9 Å². The fourth-order valence-electron chi connectivity index (χ4n) is 6.87. The first kappa shape index (κ1) is 38.0. The second-order valence-corrected chi connectivity index (χ2v) is 20.8. The second-order valence-electron chi connectivity index (χ2n) is 14.8. The molecule has 3 heterocycles. The van der Waals surface area contributed by atoms with E-state index in [4.69, 9.17) is 16.3 Å². The SMILES string of the molecule is C[Si](C)(C)CCOCn1cnc2cccc(N(C(=O)C3CCC(=O)N3c3cc(C#N)ccn3)C(C(=O)NC3CCC(F)(F)CC3)c3ccccc3Cl)c21. The van der Waals surface area contributed by atoms with Gasteiger partial charge in [0.25, 0.3) is 5.91 Å². The molecule has 1 N–H and O–H groups in total. The van der Waals surface area contributed by atoms with Crippen LogP contribution in [0, 0.1) is 11.3 Å². The molecule has 2 aromatic heterocycles. The van der Waals surface area contributed by atoms with Gasteiger partial charge in [-0.05, 0) is 55.6 Å². The molecule has 0 bridgehead atoms. The molecule has 15 heteroatoms. The number of carbonyl (C=O) groups is 3. The minimum absolute atomic E-state index is 0.0228. The minimum atomic E-state index is -2.81. The molecule has 2 aliphatic rings. The van der Waals surface area contributed by atoms with Crippen LogP contribution >= 0.6 is 11.6 Å². The molecule has 278 valence electrons. The van der Waals surface area contributed by atoms with Crippen molar-refractivity contribution in [3.8, 4) is 6.07 Å². The Hall–Kier alpha value is -4.71. The van der Waals surface area contributed by atoms with Crippen LogP contribution in [-0.4, -0.2) is 64.9 Å². The van der Waals surface area contributed by atoms with Crippen LogP contribution < -0.4 is 15.1 Å². The fourth-order valence-corrected chi connectivity index (χ4v) is 7.87. The maximum Gasteiger partial charge on any atom is 0.251 e. The molecule has 2 fully saturated rings. The number of carbonyl (C=O) groups excluding carboxylic acids is 3. The largest absolute Gasteiger partial charge is 0.361 e. The minimum Gasteiger partial charge on any atom is -0.361 e. The number of hydrogen-bond donors (Lipinski definition) is 1. The number of halogens is 3. The smallest absolute Gasteiger partial charge is 0.251 e. The highest BCUT2D eigenvalue weighted by Crippen LogP contribution is 2.40. The quantitative estimate of drug-likeness (QED) is 0.119. The van der Waals surface area contributed by atoms with E-state index in [0.29, 0.717) is 28.9 Å². The fraction of sp³-hybridized carbons (Fsp3) is 0.421. The van der Waals surface area contributed by atoms with E-state index in [1.165, 1.54) is 28.1 Å². The van der Waals surface area contributed by atoms with Crippen molar-refractivity contribution in [2.75, 3.05) is 16.4 Å². The monoisotopic (exact) mass is 761 g/mol. The van der Waals surface area contributed by atoms with Crippen molar-refractivity contribution in [3.05, 3.63) is 83.3 Å². The molecule has 0 radical (unpaired) electrons. The Labute approximate surface area is 312 Å². The predicted molar refractivity (Wildman–Crippen MR) is 200 cm³/mol. The van der Waals surface area contributed by atoms with Crippen LogP contribution in [0.25, 0.3) is 11.0 Å². The lowest BCUT2D eigenvalue weighted by atomic mass is 9.91. The van der Waals surface area contributed by atoms with Crippen molar-refractivity contribution >= 4 is 59.9 Å². The number of para-hydroxylation sites is 1. The van der Waals surface area contributed by atoms with E-state index in [2.05, 4.69) is 34.9 Å². The van der Waals surface area contributed by atoms with Crippen molar-refractivity contribution < 1.29 is 27.9 Å². The summed E-state index contributed by atoms with van der Waals surface area (Å²) in [5.41, 5.74) is 1.91. The number of benzene rings is 2. The molecule has 3 amide bonds. The molecule has 2 aromatic carbocycles. The molecule has 6 rings (SSSR count). The second kappa shape index (κ2) is 15.7. The molecular weight excluding hydrogens is 720 g/mol. The number of amides is 3. The first-order valence-corrected chi connectivity index (χ1v) is 21.8. The third-order valence-corrected chi connectivity index (χ3v) is 11.8. The number of aromatic nitrogens is 3. The third kappa shape index (κ3) is 8.58. The van der Waals surface area contributed by atoms with Gasteiger partial charge in [0.2, 0.25) is 17.7 Å². The topological polar surface area (TPSA) is 133 Å². The molecular formula is C38H42ClF2N7O4Si. The summed E-state index contributed by atoms with van der Waals surface area (Å²) < 4.78 is 36.2. The van der Waals surface area contributed by atoms with Crippen LogP contribution in [0.15, 0.2) is 67.1 Å². The van der Waals surface area contributed by atoms with E-state index in [0.717, 1.165) is 6.04 Å². The number of rotatable bonds is 12. The number of pyridine rings is 1. The molecule has 1 aliphatic carbocycles. The Morgan fingerprint density at radius 3 is 2.58 bits per heavy atom. The van der Waals surface area contributed by atoms with E-state index in [1.54, 1.807) is 53.4 Å². The Kier molecular flexibility index (Phi) is 11.3. The lowest BCUT2D eigenvalue weighted by Gasteiger charge is -2.37. The molecule has 1 saturated carbocycles. The number of ether oxygens (including phenoxy) is 1. The van der Waals surface area contributed by atoms with E-state index in [9.17, 15) is 23.6 Å². The van der Waals surface area contributed by atoms with E-state index in [1.807, 2.05) is 6.07 Å². The molecule has 4 aromatic rings. The molecule has 11 nitrogen and oxygen atoms in total. The third-order valence-electron chi connectivity index (χ3n) is 9.73. The standard InChI is InChI=1S/C38H42ClF2N7O4Si/c1-53(2,3)20-19-52-24-46-23-44-29-9-6-10-30(35(29)46)48(37(51)31-11-12-33(49)47(31)32-21-25(22-42)15-18-43-32)34(27-7-4-5-8-28(27)39)36(50)45-26-13-16-38(40,41)17-14-26/h4-10,15,18,21,23,26,31,34H,11-14,16-17,19-20,24H2,1-3H3,(H,45,50). The summed E-state index contributed by atoms with van der Waals surface area (Å²) in [7, 11) is -1.39.